The number of methoxy groups -OCH3 is 1. The molecule has 0 radical (unpaired) electrons. The van der Waals surface area contributed by atoms with Gasteiger partial charge in [-0.25, -0.2) is 9.59 Å². The van der Waals surface area contributed by atoms with Gasteiger partial charge in [0.15, 0.2) is 0 Å². The van der Waals surface area contributed by atoms with E-state index >= 15 is 0 Å². The number of rotatable bonds is 3. The maximum Gasteiger partial charge on any atom is 0.337 e. The highest BCUT2D eigenvalue weighted by molar-refractivity contribution is 14.1. The standard InChI is InChI=1S/C15H10I2O4/c1-21-15(20)9-3-5-11(13(17)7-9)10-4-2-8(14(18)19)6-12(10)16/h2-7H,1H3,(H,18,19). The highest BCUT2D eigenvalue weighted by Crippen LogP contribution is 2.30. The summed E-state index contributed by atoms with van der Waals surface area (Å²) in [4.78, 5) is 22.5. The first-order valence-electron chi connectivity index (χ1n) is 5.85. The molecule has 21 heavy (non-hydrogen) atoms. The lowest BCUT2D eigenvalue weighted by Crippen LogP contribution is -2.02. The third kappa shape index (κ3) is 3.54. The number of carboxylic acid groups (broad SMARTS) is 1. The number of hydrogen-bond donors (Lipinski definition) is 1. The Bertz CT molecular complexity index is 726. The van der Waals surface area contributed by atoms with Crippen molar-refractivity contribution in [3.8, 4) is 11.1 Å². The molecule has 0 saturated carbocycles. The summed E-state index contributed by atoms with van der Waals surface area (Å²) in [5, 5.41) is 8.99. The Kier molecular flexibility index (Phi) is 5.20. The van der Waals surface area contributed by atoms with Gasteiger partial charge in [0.2, 0.25) is 0 Å². The number of halogens is 2. The quantitative estimate of drug-likeness (QED) is 0.503. The Morgan fingerprint density at radius 1 is 0.952 bits per heavy atom. The van der Waals surface area contributed by atoms with Crippen molar-refractivity contribution in [1.29, 1.82) is 0 Å². The number of benzene rings is 2. The average molecular weight is 508 g/mol. The Morgan fingerprint density at radius 3 is 1.86 bits per heavy atom. The number of hydrogen-bond acceptors (Lipinski definition) is 3. The Labute approximate surface area is 148 Å². The molecule has 0 aliphatic rings. The van der Waals surface area contributed by atoms with Crippen LogP contribution >= 0.6 is 45.2 Å². The maximum atomic E-state index is 11.5. The lowest BCUT2D eigenvalue weighted by Gasteiger charge is -2.09. The summed E-state index contributed by atoms with van der Waals surface area (Å²) in [7, 11) is 1.34. The van der Waals surface area contributed by atoms with Crippen LogP contribution in [0.2, 0.25) is 0 Å². The van der Waals surface area contributed by atoms with Gasteiger partial charge in [0.25, 0.3) is 0 Å². The van der Waals surface area contributed by atoms with E-state index in [-0.39, 0.29) is 11.5 Å². The SMILES string of the molecule is COC(=O)c1ccc(-c2ccc(C(=O)O)cc2I)c(I)c1. The number of aromatic carboxylic acids is 1. The Morgan fingerprint density at radius 2 is 1.43 bits per heavy atom. The van der Waals surface area contributed by atoms with Crippen molar-refractivity contribution in [2.45, 2.75) is 0 Å². The van der Waals surface area contributed by atoms with Crippen molar-refractivity contribution < 1.29 is 19.4 Å². The first kappa shape index (κ1) is 16.2. The van der Waals surface area contributed by atoms with Gasteiger partial charge < -0.3 is 9.84 Å². The van der Waals surface area contributed by atoms with E-state index in [1.807, 2.05) is 6.07 Å². The van der Waals surface area contributed by atoms with Crippen molar-refractivity contribution >= 4 is 57.1 Å². The second-order valence-electron chi connectivity index (χ2n) is 4.19. The van der Waals surface area contributed by atoms with Crippen molar-refractivity contribution in [1.82, 2.24) is 0 Å². The molecule has 4 nitrogen and oxygen atoms in total. The van der Waals surface area contributed by atoms with E-state index in [9.17, 15) is 9.59 Å². The fourth-order valence-corrected chi connectivity index (χ4v) is 3.46. The highest BCUT2D eigenvalue weighted by Gasteiger charge is 2.13. The van der Waals surface area contributed by atoms with E-state index in [1.54, 1.807) is 30.3 Å². The fourth-order valence-electron chi connectivity index (χ4n) is 1.84. The van der Waals surface area contributed by atoms with E-state index in [1.165, 1.54) is 7.11 Å². The summed E-state index contributed by atoms with van der Waals surface area (Å²) in [6.45, 7) is 0. The fraction of sp³-hybridized carbons (Fsp3) is 0.0667. The zero-order chi connectivity index (χ0) is 15.6. The van der Waals surface area contributed by atoms with Gasteiger partial charge in [-0.15, -0.1) is 0 Å². The summed E-state index contributed by atoms with van der Waals surface area (Å²) in [5.74, 6) is -1.33. The number of carbonyl (C=O) groups excluding carboxylic acids is 1. The van der Waals surface area contributed by atoms with E-state index in [0.29, 0.717) is 5.56 Å². The van der Waals surface area contributed by atoms with Crippen LogP contribution in [0.4, 0.5) is 0 Å². The number of carboxylic acids is 1. The topological polar surface area (TPSA) is 63.6 Å². The second kappa shape index (κ2) is 6.73. The lowest BCUT2D eigenvalue weighted by atomic mass is 10.0. The average Bonchev–Trinajstić information content (AvgIpc) is 2.46. The molecule has 0 unspecified atom stereocenters. The van der Waals surface area contributed by atoms with Crippen molar-refractivity contribution in [3.63, 3.8) is 0 Å². The normalized spacial score (nSPS) is 10.2. The molecule has 0 bridgehead atoms. The monoisotopic (exact) mass is 508 g/mol. The van der Waals surface area contributed by atoms with Gasteiger partial charge in [-0.1, -0.05) is 12.1 Å². The molecule has 2 rings (SSSR count). The van der Waals surface area contributed by atoms with E-state index < -0.39 is 5.97 Å². The van der Waals surface area contributed by atoms with Gasteiger partial charge >= 0.3 is 11.9 Å². The Balaban J connectivity index is 2.47. The van der Waals surface area contributed by atoms with Crippen LogP contribution in [-0.2, 0) is 4.74 Å². The van der Waals surface area contributed by atoms with Crippen LogP contribution in [0.15, 0.2) is 36.4 Å². The van der Waals surface area contributed by atoms with Gasteiger partial charge in [-0.05, 0) is 80.6 Å². The molecule has 108 valence electrons. The van der Waals surface area contributed by atoms with Crippen LogP contribution < -0.4 is 0 Å². The molecule has 0 amide bonds. The molecule has 0 aromatic heterocycles. The third-order valence-corrected chi connectivity index (χ3v) is 4.68. The minimum atomic E-state index is -0.949. The third-order valence-electron chi connectivity index (χ3n) is 2.90. The molecule has 6 heteroatoms. The van der Waals surface area contributed by atoms with E-state index in [0.717, 1.165) is 18.3 Å². The predicted octanol–water partition coefficient (Wildman–Crippen LogP) is 4.05. The smallest absolute Gasteiger partial charge is 0.337 e. The van der Waals surface area contributed by atoms with Crippen molar-refractivity contribution in [3.05, 3.63) is 54.7 Å². The molecule has 0 saturated heterocycles. The molecular weight excluding hydrogens is 498 g/mol. The van der Waals surface area contributed by atoms with E-state index in [4.69, 9.17) is 9.84 Å². The van der Waals surface area contributed by atoms with Crippen LogP contribution in [0.25, 0.3) is 11.1 Å². The first-order valence-corrected chi connectivity index (χ1v) is 8.01. The molecular formula is C15H10I2O4. The molecule has 0 aliphatic carbocycles. The van der Waals surface area contributed by atoms with Gasteiger partial charge in [-0.2, -0.15) is 0 Å². The minimum Gasteiger partial charge on any atom is -0.478 e. The van der Waals surface area contributed by atoms with Gasteiger partial charge in [-0.3, -0.25) is 0 Å². The Hall–Kier alpha value is -1.16. The summed E-state index contributed by atoms with van der Waals surface area (Å²) in [5.41, 5.74) is 2.62. The second-order valence-corrected chi connectivity index (χ2v) is 6.51. The first-order chi connectivity index (χ1) is 9.93. The summed E-state index contributed by atoms with van der Waals surface area (Å²) in [6.07, 6.45) is 0. The molecule has 2 aromatic rings. The molecule has 0 fully saturated rings. The number of ether oxygens (including phenoxy) is 1. The van der Waals surface area contributed by atoms with Gasteiger partial charge in [0.1, 0.15) is 0 Å². The van der Waals surface area contributed by atoms with Gasteiger partial charge in [0, 0.05) is 7.14 Å². The summed E-state index contributed by atoms with van der Waals surface area (Å²) >= 11 is 4.26. The maximum absolute atomic E-state index is 11.5. The molecule has 0 heterocycles. The van der Waals surface area contributed by atoms with Crippen LogP contribution in [0.5, 0.6) is 0 Å². The lowest BCUT2D eigenvalue weighted by molar-refractivity contribution is 0.0599. The van der Waals surface area contributed by atoms with Crippen LogP contribution in [-0.4, -0.2) is 24.2 Å². The van der Waals surface area contributed by atoms with Crippen LogP contribution in [0.3, 0.4) is 0 Å². The highest BCUT2D eigenvalue weighted by atomic mass is 127. The largest absolute Gasteiger partial charge is 0.478 e. The molecule has 0 spiro atoms. The number of esters is 1. The number of carbonyl (C=O) groups is 2. The zero-order valence-electron chi connectivity index (χ0n) is 10.9. The predicted molar refractivity (Wildman–Crippen MR) is 95.6 cm³/mol. The van der Waals surface area contributed by atoms with Crippen molar-refractivity contribution in [2.75, 3.05) is 7.11 Å². The summed E-state index contributed by atoms with van der Waals surface area (Å²) in [6, 6.07) is 10.3. The molecule has 1 N–H and O–H groups in total. The van der Waals surface area contributed by atoms with Crippen LogP contribution in [0.1, 0.15) is 20.7 Å². The summed E-state index contributed by atoms with van der Waals surface area (Å²) < 4.78 is 6.44. The minimum absolute atomic E-state index is 0.254. The van der Waals surface area contributed by atoms with E-state index in [2.05, 4.69) is 45.2 Å². The molecule has 2 aromatic carbocycles. The molecule has 0 aliphatic heterocycles. The van der Waals surface area contributed by atoms with Gasteiger partial charge in [0.05, 0.1) is 18.2 Å². The zero-order valence-corrected chi connectivity index (χ0v) is 15.2. The molecule has 0 atom stereocenters. The van der Waals surface area contributed by atoms with Crippen molar-refractivity contribution in [2.24, 2.45) is 0 Å². The van der Waals surface area contributed by atoms with Crippen LogP contribution in [0, 0.1) is 7.14 Å².